The highest BCUT2D eigenvalue weighted by Gasteiger charge is 1.98. The molecule has 0 aromatic heterocycles. The van der Waals surface area contributed by atoms with Gasteiger partial charge in [-0.15, -0.1) is 0 Å². The Morgan fingerprint density at radius 1 is 1.42 bits per heavy atom. The molecule has 2 nitrogen and oxygen atoms in total. The lowest BCUT2D eigenvalue weighted by atomic mass is 9.95. The molecule has 0 fully saturated rings. The molecule has 0 saturated heterocycles. The number of ether oxygens (including phenoxy) is 2. The Bertz CT molecular complexity index is 261. The van der Waals surface area contributed by atoms with E-state index in [0.29, 0.717) is 17.8 Å². The van der Waals surface area contributed by atoms with Crippen molar-refractivity contribution in [2.24, 2.45) is 0 Å². The van der Waals surface area contributed by atoms with Gasteiger partial charge < -0.3 is 9.47 Å². The van der Waals surface area contributed by atoms with Crippen LogP contribution in [0.25, 0.3) is 0 Å². The second-order valence-electron chi connectivity index (χ2n) is 2.34. The Morgan fingerprint density at radius 2 is 2.17 bits per heavy atom. The SMILES string of the molecule is [B]c1ccc(OCC)cc1OC. The van der Waals surface area contributed by atoms with E-state index >= 15 is 0 Å². The molecular formula is C9H11BO2. The molecule has 0 atom stereocenters. The molecular weight excluding hydrogens is 151 g/mol. The van der Waals surface area contributed by atoms with E-state index in [1.54, 1.807) is 19.2 Å². The molecule has 0 heterocycles. The molecule has 2 radical (unpaired) electrons. The van der Waals surface area contributed by atoms with Crippen LogP contribution in [0.15, 0.2) is 18.2 Å². The number of hydrogen-bond donors (Lipinski definition) is 0. The quantitative estimate of drug-likeness (QED) is 0.614. The summed E-state index contributed by atoms with van der Waals surface area (Å²) in [5.74, 6) is 1.43. The van der Waals surface area contributed by atoms with E-state index in [4.69, 9.17) is 17.3 Å². The Kier molecular flexibility index (Phi) is 3.03. The van der Waals surface area contributed by atoms with Gasteiger partial charge in [0.15, 0.2) is 0 Å². The summed E-state index contributed by atoms with van der Waals surface area (Å²) < 4.78 is 10.3. The van der Waals surface area contributed by atoms with Crippen LogP contribution in [0.1, 0.15) is 6.92 Å². The summed E-state index contributed by atoms with van der Waals surface area (Å²) in [7, 11) is 7.20. The van der Waals surface area contributed by atoms with Gasteiger partial charge in [-0.2, -0.15) is 0 Å². The van der Waals surface area contributed by atoms with Crippen molar-refractivity contribution in [2.45, 2.75) is 6.92 Å². The van der Waals surface area contributed by atoms with Crippen LogP contribution in [-0.2, 0) is 0 Å². The molecule has 1 aromatic rings. The molecule has 0 saturated carbocycles. The summed E-state index contributed by atoms with van der Waals surface area (Å²) in [6.45, 7) is 2.58. The van der Waals surface area contributed by atoms with Gasteiger partial charge >= 0.3 is 0 Å². The first-order valence-corrected chi connectivity index (χ1v) is 3.84. The second kappa shape index (κ2) is 4.05. The summed E-state index contributed by atoms with van der Waals surface area (Å²) in [6, 6.07) is 5.37. The summed E-state index contributed by atoms with van der Waals surface area (Å²) >= 11 is 0. The van der Waals surface area contributed by atoms with Gasteiger partial charge in [-0.1, -0.05) is 11.5 Å². The van der Waals surface area contributed by atoms with Crippen molar-refractivity contribution < 1.29 is 9.47 Å². The fourth-order valence-corrected chi connectivity index (χ4v) is 0.948. The molecule has 1 aromatic carbocycles. The van der Waals surface area contributed by atoms with Gasteiger partial charge in [-0.05, 0) is 13.0 Å². The van der Waals surface area contributed by atoms with Crippen molar-refractivity contribution in [2.75, 3.05) is 13.7 Å². The first-order chi connectivity index (χ1) is 5.77. The van der Waals surface area contributed by atoms with Gasteiger partial charge in [-0.3, -0.25) is 0 Å². The van der Waals surface area contributed by atoms with Crippen molar-refractivity contribution in [1.82, 2.24) is 0 Å². The molecule has 0 spiro atoms. The lowest BCUT2D eigenvalue weighted by molar-refractivity contribution is 0.336. The van der Waals surface area contributed by atoms with Crippen molar-refractivity contribution >= 4 is 13.3 Å². The predicted octanol–water partition coefficient (Wildman–Crippen LogP) is 0.888. The lowest BCUT2D eigenvalue weighted by Crippen LogP contribution is -2.06. The minimum absolute atomic E-state index is 0.626. The van der Waals surface area contributed by atoms with E-state index in [1.807, 2.05) is 13.0 Å². The summed E-state index contributed by atoms with van der Waals surface area (Å²) in [5, 5.41) is 0. The average Bonchev–Trinajstić information content (AvgIpc) is 2.09. The highest BCUT2D eigenvalue weighted by molar-refractivity contribution is 6.34. The standard InChI is InChI=1S/C9H11BO2/c1-3-12-7-4-5-8(10)9(6-7)11-2/h4-6H,3H2,1-2H3. The van der Waals surface area contributed by atoms with Crippen molar-refractivity contribution in [1.29, 1.82) is 0 Å². The summed E-state index contributed by atoms with van der Waals surface area (Å²) in [5.41, 5.74) is 0.626. The van der Waals surface area contributed by atoms with Crippen LogP contribution < -0.4 is 14.9 Å². The third-order valence-corrected chi connectivity index (χ3v) is 1.52. The van der Waals surface area contributed by atoms with Crippen LogP contribution in [0.4, 0.5) is 0 Å². The molecule has 0 unspecified atom stereocenters. The van der Waals surface area contributed by atoms with Gasteiger partial charge in [0.1, 0.15) is 19.3 Å². The Hall–Kier alpha value is -1.12. The van der Waals surface area contributed by atoms with E-state index in [1.165, 1.54) is 0 Å². The van der Waals surface area contributed by atoms with Crippen LogP contribution in [0.3, 0.4) is 0 Å². The van der Waals surface area contributed by atoms with Crippen LogP contribution in [0.2, 0.25) is 0 Å². The van der Waals surface area contributed by atoms with Crippen LogP contribution >= 0.6 is 0 Å². The number of hydrogen-bond acceptors (Lipinski definition) is 2. The first-order valence-electron chi connectivity index (χ1n) is 3.84. The maximum Gasteiger partial charge on any atom is 0.122 e. The molecule has 0 aliphatic rings. The van der Waals surface area contributed by atoms with Gasteiger partial charge in [0.2, 0.25) is 0 Å². The third kappa shape index (κ3) is 1.94. The smallest absolute Gasteiger partial charge is 0.122 e. The Labute approximate surface area is 73.9 Å². The fraction of sp³-hybridized carbons (Fsp3) is 0.333. The van der Waals surface area contributed by atoms with Crippen molar-refractivity contribution in [3.8, 4) is 11.5 Å². The monoisotopic (exact) mass is 162 g/mol. The molecule has 0 aliphatic heterocycles. The molecule has 62 valence electrons. The summed E-state index contributed by atoms with van der Waals surface area (Å²) in [6.07, 6.45) is 0. The molecule has 0 bridgehead atoms. The predicted molar refractivity (Wildman–Crippen MR) is 49.6 cm³/mol. The largest absolute Gasteiger partial charge is 0.497 e. The van der Waals surface area contributed by atoms with Gasteiger partial charge in [-0.25, -0.2) is 0 Å². The summed E-state index contributed by atoms with van der Waals surface area (Å²) in [4.78, 5) is 0. The zero-order valence-corrected chi connectivity index (χ0v) is 7.33. The maximum absolute atomic E-state index is 5.62. The highest BCUT2D eigenvalue weighted by Crippen LogP contribution is 2.16. The zero-order chi connectivity index (χ0) is 8.97. The van der Waals surface area contributed by atoms with Crippen LogP contribution in [-0.4, -0.2) is 21.6 Å². The first kappa shape index (κ1) is 8.98. The van der Waals surface area contributed by atoms with E-state index in [9.17, 15) is 0 Å². The third-order valence-electron chi connectivity index (χ3n) is 1.52. The van der Waals surface area contributed by atoms with Crippen molar-refractivity contribution in [3.05, 3.63) is 18.2 Å². The van der Waals surface area contributed by atoms with Crippen LogP contribution in [0, 0.1) is 0 Å². The number of rotatable bonds is 3. The van der Waals surface area contributed by atoms with Gasteiger partial charge in [0.25, 0.3) is 0 Å². The number of benzene rings is 1. The van der Waals surface area contributed by atoms with E-state index in [-0.39, 0.29) is 0 Å². The van der Waals surface area contributed by atoms with E-state index < -0.39 is 0 Å². The van der Waals surface area contributed by atoms with Crippen molar-refractivity contribution in [3.63, 3.8) is 0 Å². The number of methoxy groups -OCH3 is 1. The molecule has 0 amide bonds. The Balaban J connectivity index is 2.89. The topological polar surface area (TPSA) is 18.5 Å². The highest BCUT2D eigenvalue weighted by atomic mass is 16.5. The molecule has 12 heavy (non-hydrogen) atoms. The lowest BCUT2D eigenvalue weighted by Gasteiger charge is -2.07. The fourth-order valence-electron chi connectivity index (χ4n) is 0.948. The van der Waals surface area contributed by atoms with E-state index in [2.05, 4.69) is 0 Å². The van der Waals surface area contributed by atoms with Gasteiger partial charge in [0.05, 0.1) is 13.7 Å². The second-order valence-corrected chi connectivity index (χ2v) is 2.34. The van der Waals surface area contributed by atoms with Crippen LogP contribution in [0.5, 0.6) is 11.5 Å². The van der Waals surface area contributed by atoms with E-state index in [0.717, 1.165) is 5.75 Å². The minimum atomic E-state index is 0.626. The minimum Gasteiger partial charge on any atom is -0.497 e. The maximum atomic E-state index is 5.62. The zero-order valence-electron chi connectivity index (χ0n) is 7.33. The molecule has 1 rings (SSSR count). The van der Waals surface area contributed by atoms with Gasteiger partial charge in [0, 0.05) is 6.07 Å². The molecule has 3 heteroatoms. The average molecular weight is 162 g/mol. The normalized spacial score (nSPS) is 9.50. The molecule has 0 aliphatic carbocycles. The Morgan fingerprint density at radius 3 is 2.75 bits per heavy atom. The molecule has 0 N–H and O–H groups in total.